The molecule has 0 bridgehead atoms. The van der Waals surface area contributed by atoms with E-state index < -0.39 is 0 Å². The van der Waals surface area contributed by atoms with E-state index in [-0.39, 0.29) is 11.9 Å². The maximum atomic E-state index is 12.6. The number of piperidine rings is 1. The van der Waals surface area contributed by atoms with Gasteiger partial charge in [0.25, 0.3) is 5.91 Å². The SMILES string of the molecule is O=C(NC1CCN(Cc2ccccc2)CC1)c1cc(-n2cccc2)ccn1. The van der Waals surface area contributed by atoms with Crippen LogP contribution in [0, 0.1) is 0 Å². The number of benzene rings is 1. The molecule has 1 N–H and O–H groups in total. The summed E-state index contributed by atoms with van der Waals surface area (Å²) in [5.41, 5.74) is 2.75. The van der Waals surface area contributed by atoms with Crippen molar-refractivity contribution in [3.8, 4) is 5.69 Å². The summed E-state index contributed by atoms with van der Waals surface area (Å²) >= 11 is 0. The van der Waals surface area contributed by atoms with E-state index in [0.29, 0.717) is 5.69 Å². The Morgan fingerprint density at radius 2 is 1.78 bits per heavy atom. The summed E-state index contributed by atoms with van der Waals surface area (Å²) in [6.45, 7) is 2.97. The average molecular weight is 360 g/mol. The Morgan fingerprint density at radius 3 is 2.52 bits per heavy atom. The first kappa shape index (κ1) is 17.5. The quantitative estimate of drug-likeness (QED) is 0.760. The number of amides is 1. The number of aromatic nitrogens is 2. The standard InChI is InChI=1S/C22H24N4O/c27-22(21-16-20(8-11-23-21)26-12-4-5-13-26)24-19-9-14-25(15-10-19)17-18-6-2-1-3-7-18/h1-8,11-13,16,19H,9-10,14-15,17H2,(H,24,27). The molecule has 2 aromatic heterocycles. The van der Waals surface area contributed by atoms with Crippen LogP contribution in [0.5, 0.6) is 0 Å². The molecule has 1 aromatic carbocycles. The van der Waals surface area contributed by atoms with E-state index in [1.807, 2.05) is 47.3 Å². The highest BCUT2D eigenvalue weighted by Gasteiger charge is 2.21. The molecular formula is C22H24N4O. The van der Waals surface area contributed by atoms with E-state index in [9.17, 15) is 4.79 Å². The minimum Gasteiger partial charge on any atom is -0.348 e. The molecule has 1 amide bonds. The molecule has 4 rings (SSSR count). The third-order valence-electron chi connectivity index (χ3n) is 5.05. The zero-order valence-corrected chi connectivity index (χ0v) is 15.3. The van der Waals surface area contributed by atoms with Crippen LogP contribution in [0.25, 0.3) is 5.69 Å². The van der Waals surface area contributed by atoms with Gasteiger partial charge in [-0.2, -0.15) is 0 Å². The Hall–Kier alpha value is -2.92. The summed E-state index contributed by atoms with van der Waals surface area (Å²) in [6.07, 6.45) is 7.54. The van der Waals surface area contributed by atoms with Crippen LogP contribution in [0.4, 0.5) is 0 Å². The highest BCUT2D eigenvalue weighted by atomic mass is 16.1. The monoisotopic (exact) mass is 360 g/mol. The minimum absolute atomic E-state index is 0.0921. The van der Waals surface area contributed by atoms with E-state index >= 15 is 0 Å². The van der Waals surface area contributed by atoms with E-state index in [2.05, 4.69) is 39.5 Å². The second kappa shape index (κ2) is 8.18. The topological polar surface area (TPSA) is 50.2 Å². The molecule has 1 fully saturated rings. The van der Waals surface area contributed by atoms with Crippen LogP contribution in [0.15, 0.2) is 73.2 Å². The summed E-state index contributed by atoms with van der Waals surface area (Å²) < 4.78 is 1.97. The van der Waals surface area contributed by atoms with Crippen LogP contribution in [0.3, 0.4) is 0 Å². The molecule has 0 saturated carbocycles. The molecule has 1 aliphatic heterocycles. The van der Waals surface area contributed by atoms with Crippen LogP contribution in [0.2, 0.25) is 0 Å². The highest BCUT2D eigenvalue weighted by molar-refractivity contribution is 5.92. The predicted molar refractivity (Wildman–Crippen MR) is 106 cm³/mol. The van der Waals surface area contributed by atoms with Crippen molar-refractivity contribution in [2.24, 2.45) is 0 Å². The zero-order chi connectivity index (χ0) is 18.5. The van der Waals surface area contributed by atoms with Crippen LogP contribution in [0.1, 0.15) is 28.9 Å². The second-order valence-electron chi connectivity index (χ2n) is 7.00. The van der Waals surface area contributed by atoms with Gasteiger partial charge < -0.3 is 9.88 Å². The maximum absolute atomic E-state index is 12.6. The fourth-order valence-corrected chi connectivity index (χ4v) is 3.55. The van der Waals surface area contributed by atoms with Gasteiger partial charge in [0.2, 0.25) is 0 Å². The number of hydrogen-bond donors (Lipinski definition) is 1. The summed E-state index contributed by atoms with van der Waals surface area (Å²) in [5.74, 6) is -0.0921. The van der Waals surface area contributed by atoms with E-state index in [1.165, 1.54) is 5.56 Å². The average Bonchev–Trinajstić information content (AvgIpc) is 3.25. The van der Waals surface area contributed by atoms with Crippen LogP contribution in [-0.4, -0.2) is 39.5 Å². The Labute approximate surface area is 159 Å². The molecule has 3 heterocycles. The molecule has 27 heavy (non-hydrogen) atoms. The van der Waals surface area contributed by atoms with Crippen molar-refractivity contribution in [2.45, 2.75) is 25.4 Å². The first-order chi connectivity index (χ1) is 13.3. The van der Waals surface area contributed by atoms with Crippen molar-refractivity contribution >= 4 is 5.91 Å². The molecule has 3 aromatic rings. The van der Waals surface area contributed by atoms with Crippen molar-refractivity contribution in [1.29, 1.82) is 0 Å². The summed E-state index contributed by atoms with van der Waals surface area (Å²) in [7, 11) is 0. The van der Waals surface area contributed by atoms with E-state index in [1.54, 1.807) is 6.20 Å². The van der Waals surface area contributed by atoms with Crippen LogP contribution in [-0.2, 0) is 6.54 Å². The molecule has 0 spiro atoms. The molecule has 5 nitrogen and oxygen atoms in total. The van der Waals surface area contributed by atoms with Crippen molar-refractivity contribution in [1.82, 2.24) is 19.8 Å². The van der Waals surface area contributed by atoms with Gasteiger partial charge in [0.05, 0.1) is 0 Å². The largest absolute Gasteiger partial charge is 0.348 e. The molecule has 0 aliphatic carbocycles. The number of pyridine rings is 1. The molecular weight excluding hydrogens is 336 g/mol. The van der Waals surface area contributed by atoms with Crippen LogP contribution < -0.4 is 5.32 Å². The van der Waals surface area contributed by atoms with Crippen molar-refractivity contribution in [2.75, 3.05) is 13.1 Å². The molecule has 138 valence electrons. The van der Waals surface area contributed by atoms with Crippen LogP contribution >= 0.6 is 0 Å². The maximum Gasteiger partial charge on any atom is 0.270 e. The molecule has 0 unspecified atom stereocenters. The van der Waals surface area contributed by atoms with Gasteiger partial charge in [-0.15, -0.1) is 0 Å². The number of carbonyl (C=O) groups is 1. The summed E-state index contributed by atoms with van der Waals surface area (Å²) in [4.78, 5) is 19.3. The number of rotatable bonds is 5. The van der Waals surface area contributed by atoms with Gasteiger partial charge in [0.15, 0.2) is 0 Å². The first-order valence-electron chi connectivity index (χ1n) is 9.44. The lowest BCUT2D eigenvalue weighted by Gasteiger charge is -2.32. The van der Waals surface area contributed by atoms with Gasteiger partial charge in [0.1, 0.15) is 5.69 Å². The second-order valence-corrected chi connectivity index (χ2v) is 7.00. The smallest absolute Gasteiger partial charge is 0.270 e. The predicted octanol–water partition coefficient (Wildman–Crippen LogP) is 3.27. The van der Waals surface area contributed by atoms with Crippen molar-refractivity contribution in [3.63, 3.8) is 0 Å². The lowest BCUT2D eigenvalue weighted by molar-refractivity contribution is 0.0904. The van der Waals surface area contributed by atoms with Gasteiger partial charge in [-0.05, 0) is 42.7 Å². The summed E-state index contributed by atoms with van der Waals surface area (Å²) in [5, 5.41) is 3.15. The number of carbonyl (C=O) groups excluding carboxylic acids is 1. The van der Waals surface area contributed by atoms with E-state index in [4.69, 9.17) is 0 Å². The zero-order valence-electron chi connectivity index (χ0n) is 15.3. The van der Waals surface area contributed by atoms with Gasteiger partial charge >= 0.3 is 0 Å². The third-order valence-corrected chi connectivity index (χ3v) is 5.05. The molecule has 1 aliphatic rings. The lowest BCUT2D eigenvalue weighted by atomic mass is 10.0. The van der Waals surface area contributed by atoms with Gasteiger partial charge in [-0.25, -0.2) is 0 Å². The van der Waals surface area contributed by atoms with Gasteiger partial charge in [0, 0.05) is 50.0 Å². The van der Waals surface area contributed by atoms with Gasteiger partial charge in [-0.1, -0.05) is 30.3 Å². The fraction of sp³-hybridized carbons (Fsp3) is 0.273. The Morgan fingerprint density at radius 1 is 1.04 bits per heavy atom. The number of nitrogens with one attached hydrogen (secondary N) is 1. The summed E-state index contributed by atoms with van der Waals surface area (Å²) in [6, 6.07) is 18.4. The number of nitrogens with zero attached hydrogens (tertiary/aromatic N) is 3. The molecule has 0 radical (unpaired) electrons. The third kappa shape index (κ3) is 4.44. The first-order valence-corrected chi connectivity index (χ1v) is 9.44. The van der Waals surface area contributed by atoms with Gasteiger partial charge in [-0.3, -0.25) is 14.7 Å². The fourth-order valence-electron chi connectivity index (χ4n) is 3.55. The highest BCUT2D eigenvalue weighted by Crippen LogP contribution is 2.15. The Kier molecular flexibility index (Phi) is 5.30. The Balaban J connectivity index is 1.31. The van der Waals surface area contributed by atoms with Crippen molar-refractivity contribution in [3.05, 3.63) is 84.4 Å². The van der Waals surface area contributed by atoms with Crippen molar-refractivity contribution < 1.29 is 4.79 Å². The minimum atomic E-state index is -0.0921. The number of likely N-dealkylation sites (tertiary alicyclic amines) is 1. The van der Waals surface area contributed by atoms with E-state index in [0.717, 1.165) is 38.2 Å². The Bertz CT molecular complexity index is 868. The molecule has 5 heteroatoms. The normalized spacial score (nSPS) is 15.6. The molecule has 1 saturated heterocycles. The molecule has 0 atom stereocenters. The number of hydrogen-bond acceptors (Lipinski definition) is 3. The lowest BCUT2D eigenvalue weighted by Crippen LogP contribution is -2.44.